The predicted octanol–water partition coefficient (Wildman–Crippen LogP) is 1.08. The van der Waals surface area contributed by atoms with Crippen LogP contribution in [0.2, 0.25) is 0 Å². The number of carbonyl (C=O) groups excluding carboxylic acids is 1. The first-order valence-corrected chi connectivity index (χ1v) is 7.82. The molecule has 0 radical (unpaired) electrons. The van der Waals surface area contributed by atoms with Crippen molar-refractivity contribution >= 4 is 5.91 Å². The number of nitrogens with one attached hydrogen (secondary N) is 2. The molecule has 2 heterocycles. The molecule has 2 aliphatic rings. The first kappa shape index (κ1) is 14.8. The summed E-state index contributed by atoms with van der Waals surface area (Å²) in [5.74, 6) is 1.87. The van der Waals surface area contributed by atoms with E-state index in [9.17, 15) is 4.79 Å². The Kier molecular flexibility index (Phi) is 5.64. The van der Waals surface area contributed by atoms with E-state index in [1.165, 1.54) is 25.9 Å². The molecule has 2 fully saturated rings. The molecule has 2 atom stereocenters. The van der Waals surface area contributed by atoms with Crippen molar-refractivity contribution in [3.63, 3.8) is 0 Å². The number of hydrogen-bond acceptors (Lipinski definition) is 3. The van der Waals surface area contributed by atoms with Crippen molar-refractivity contribution in [1.29, 1.82) is 0 Å². The van der Waals surface area contributed by atoms with Crippen molar-refractivity contribution < 1.29 is 4.79 Å². The fourth-order valence-electron chi connectivity index (χ4n) is 3.25. The van der Waals surface area contributed by atoms with Gasteiger partial charge in [-0.15, -0.1) is 0 Å². The van der Waals surface area contributed by atoms with Gasteiger partial charge in [0.25, 0.3) is 0 Å². The maximum Gasteiger partial charge on any atom is 0.224 e. The minimum Gasteiger partial charge on any atom is -0.356 e. The van der Waals surface area contributed by atoms with E-state index in [0.717, 1.165) is 38.4 Å². The molecular formula is C15H29N3O. The second-order valence-electron chi connectivity index (χ2n) is 6.52. The summed E-state index contributed by atoms with van der Waals surface area (Å²) in [6, 6.07) is 0. The number of amides is 1. The minimum atomic E-state index is 0.182. The molecule has 0 bridgehead atoms. The Morgan fingerprint density at radius 1 is 1.32 bits per heavy atom. The SMILES string of the molecule is CC1CNCC(C(=O)NCCC2CCN(C)CC2)C1. The van der Waals surface area contributed by atoms with E-state index in [1.54, 1.807) is 0 Å². The predicted molar refractivity (Wildman–Crippen MR) is 78.0 cm³/mol. The van der Waals surface area contributed by atoms with Crippen molar-refractivity contribution in [2.45, 2.75) is 32.6 Å². The van der Waals surface area contributed by atoms with Gasteiger partial charge in [-0.05, 0) is 64.2 Å². The van der Waals surface area contributed by atoms with Crippen LogP contribution in [0.1, 0.15) is 32.6 Å². The number of nitrogens with zero attached hydrogens (tertiary/aromatic N) is 1. The molecule has 2 unspecified atom stereocenters. The zero-order valence-corrected chi connectivity index (χ0v) is 12.5. The molecule has 0 spiro atoms. The van der Waals surface area contributed by atoms with E-state index in [0.29, 0.717) is 5.92 Å². The maximum atomic E-state index is 12.1. The Morgan fingerprint density at radius 3 is 2.74 bits per heavy atom. The zero-order chi connectivity index (χ0) is 13.7. The quantitative estimate of drug-likeness (QED) is 0.801. The molecule has 4 nitrogen and oxygen atoms in total. The summed E-state index contributed by atoms with van der Waals surface area (Å²) in [5, 5.41) is 6.48. The Morgan fingerprint density at radius 2 is 2.05 bits per heavy atom. The van der Waals surface area contributed by atoms with Gasteiger partial charge < -0.3 is 15.5 Å². The third kappa shape index (κ3) is 4.77. The summed E-state index contributed by atoms with van der Waals surface area (Å²) in [5.41, 5.74) is 0. The summed E-state index contributed by atoms with van der Waals surface area (Å²) >= 11 is 0. The molecule has 0 aromatic rings. The van der Waals surface area contributed by atoms with Crippen LogP contribution in [0.15, 0.2) is 0 Å². The summed E-state index contributed by atoms with van der Waals surface area (Å²) in [6.07, 6.45) is 4.76. The lowest BCUT2D eigenvalue weighted by Gasteiger charge is -2.29. The van der Waals surface area contributed by atoms with Gasteiger partial charge in [0, 0.05) is 13.1 Å². The third-order valence-electron chi connectivity index (χ3n) is 4.63. The molecule has 0 aromatic heterocycles. The molecule has 0 aromatic carbocycles. The normalized spacial score (nSPS) is 30.2. The van der Waals surface area contributed by atoms with Gasteiger partial charge in [0.2, 0.25) is 5.91 Å². The fourth-order valence-corrected chi connectivity index (χ4v) is 3.25. The van der Waals surface area contributed by atoms with Gasteiger partial charge in [-0.1, -0.05) is 6.92 Å². The molecule has 110 valence electrons. The fraction of sp³-hybridized carbons (Fsp3) is 0.933. The van der Waals surface area contributed by atoms with Gasteiger partial charge in [-0.2, -0.15) is 0 Å². The number of piperidine rings is 2. The zero-order valence-electron chi connectivity index (χ0n) is 12.5. The molecule has 1 amide bonds. The monoisotopic (exact) mass is 267 g/mol. The van der Waals surface area contributed by atoms with E-state index in [1.807, 2.05) is 0 Å². The van der Waals surface area contributed by atoms with Gasteiger partial charge in [-0.3, -0.25) is 4.79 Å². The number of rotatable bonds is 4. The molecule has 2 aliphatic heterocycles. The average Bonchev–Trinajstić information content (AvgIpc) is 2.41. The Balaban J connectivity index is 1.61. The molecule has 4 heteroatoms. The highest BCUT2D eigenvalue weighted by molar-refractivity contribution is 5.78. The van der Waals surface area contributed by atoms with Crippen LogP contribution in [0.4, 0.5) is 0 Å². The van der Waals surface area contributed by atoms with E-state index in [-0.39, 0.29) is 11.8 Å². The Hall–Kier alpha value is -0.610. The van der Waals surface area contributed by atoms with E-state index < -0.39 is 0 Å². The van der Waals surface area contributed by atoms with E-state index in [2.05, 4.69) is 29.5 Å². The van der Waals surface area contributed by atoms with Crippen LogP contribution in [-0.4, -0.2) is 50.6 Å². The van der Waals surface area contributed by atoms with Crippen molar-refractivity contribution in [1.82, 2.24) is 15.5 Å². The van der Waals surface area contributed by atoms with Crippen LogP contribution in [0, 0.1) is 17.8 Å². The first-order chi connectivity index (χ1) is 9.15. The highest BCUT2D eigenvalue weighted by Gasteiger charge is 2.24. The van der Waals surface area contributed by atoms with Crippen molar-refractivity contribution in [2.24, 2.45) is 17.8 Å². The van der Waals surface area contributed by atoms with Crippen LogP contribution in [-0.2, 0) is 4.79 Å². The summed E-state index contributed by atoms with van der Waals surface area (Å²) in [6.45, 7) is 7.40. The average molecular weight is 267 g/mol. The van der Waals surface area contributed by atoms with Gasteiger partial charge in [0.1, 0.15) is 0 Å². The van der Waals surface area contributed by atoms with Crippen molar-refractivity contribution in [2.75, 3.05) is 39.8 Å². The van der Waals surface area contributed by atoms with Gasteiger partial charge in [0.15, 0.2) is 0 Å². The molecule has 2 rings (SSSR count). The largest absolute Gasteiger partial charge is 0.356 e. The van der Waals surface area contributed by atoms with Crippen molar-refractivity contribution in [3.05, 3.63) is 0 Å². The van der Waals surface area contributed by atoms with Crippen LogP contribution in [0.3, 0.4) is 0 Å². The molecule has 19 heavy (non-hydrogen) atoms. The third-order valence-corrected chi connectivity index (χ3v) is 4.63. The number of hydrogen-bond donors (Lipinski definition) is 2. The molecule has 0 aliphatic carbocycles. The topological polar surface area (TPSA) is 44.4 Å². The van der Waals surface area contributed by atoms with Gasteiger partial charge in [-0.25, -0.2) is 0 Å². The summed E-state index contributed by atoms with van der Waals surface area (Å²) < 4.78 is 0. The molecule has 0 saturated carbocycles. The van der Waals surface area contributed by atoms with Crippen LogP contribution in [0.25, 0.3) is 0 Å². The van der Waals surface area contributed by atoms with Crippen molar-refractivity contribution in [3.8, 4) is 0 Å². The first-order valence-electron chi connectivity index (χ1n) is 7.82. The lowest BCUT2D eigenvalue weighted by atomic mass is 9.91. The minimum absolute atomic E-state index is 0.182. The van der Waals surface area contributed by atoms with E-state index >= 15 is 0 Å². The summed E-state index contributed by atoms with van der Waals surface area (Å²) in [4.78, 5) is 14.5. The Bertz CT molecular complexity index is 287. The molecule has 2 saturated heterocycles. The van der Waals surface area contributed by atoms with Gasteiger partial charge in [0.05, 0.1) is 5.92 Å². The standard InChI is InChI=1S/C15H29N3O/c1-12-9-14(11-16-10-12)15(19)17-6-3-13-4-7-18(2)8-5-13/h12-14,16H,3-11H2,1-2H3,(H,17,19). The smallest absolute Gasteiger partial charge is 0.224 e. The number of carbonyl (C=O) groups is 1. The van der Waals surface area contributed by atoms with Crippen LogP contribution >= 0.6 is 0 Å². The van der Waals surface area contributed by atoms with Gasteiger partial charge >= 0.3 is 0 Å². The maximum absolute atomic E-state index is 12.1. The number of likely N-dealkylation sites (tertiary alicyclic amines) is 1. The Labute approximate surface area is 117 Å². The van der Waals surface area contributed by atoms with Crippen LogP contribution in [0.5, 0.6) is 0 Å². The second-order valence-corrected chi connectivity index (χ2v) is 6.52. The molecule has 2 N–H and O–H groups in total. The highest BCUT2D eigenvalue weighted by Crippen LogP contribution is 2.19. The lowest BCUT2D eigenvalue weighted by molar-refractivity contribution is -0.125. The molecular weight excluding hydrogens is 238 g/mol. The van der Waals surface area contributed by atoms with E-state index in [4.69, 9.17) is 0 Å². The van der Waals surface area contributed by atoms with Crippen LogP contribution < -0.4 is 10.6 Å². The second kappa shape index (κ2) is 7.25. The summed E-state index contributed by atoms with van der Waals surface area (Å²) in [7, 11) is 2.19. The lowest BCUT2D eigenvalue weighted by Crippen LogP contribution is -2.44. The highest BCUT2D eigenvalue weighted by atomic mass is 16.1.